The van der Waals surface area contributed by atoms with Gasteiger partial charge in [0.15, 0.2) is 0 Å². The van der Waals surface area contributed by atoms with E-state index < -0.39 is 22.1 Å². The van der Waals surface area contributed by atoms with Crippen LogP contribution in [0.15, 0.2) is 71.3 Å². The lowest BCUT2D eigenvalue weighted by Crippen LogP contribution is -2.47. The van der Waals surface area contributed by atoms with Crippen LogP contribution in [0.1, 0.15) is 18.5 Å². The quantitative estimate of drug-likeness (QED) is 0.860. The van der Waals surface area contributed by atoms with E-state index in [2.05, 4.69) is 10.1 Å². The van der Waals surface area contributed by atoms with E-state index in [0.717, 1.165) is 11.3 Å². The Morgan fingerprint density at radius 1 is 1.12 bits per heavy atom. The van der Waals surface area contributed by atoms with Crippen molar-refractivity contribution in [3.05, 3.63) is 77.0 Å². The summed E-state index contributed by atoms with van der Waals surface area (Å²) in [5.74, 6) is 0. The van der Waals surface area contributed by atoms with Gasteiger partial charge in [0.25, 0.3) is 10.0 Å². The third kappa shape index (κ3) is 3.62. The van der Waals surface area contributed by atoms with Crippen LogP contribution in [0.5, 0.6) is 0 Å². The van der Waals surface area contributed by atoms with Gasteiger partial charge in [0.1, 0.15) is 10.9 Å². The SMILES string of the molecule is CC1=CC(c2ccccc2)N(C(=O)NS(=O)(=O)c2ccccc2Cl)N1. The molecule has 2 aromatic rings. The summed E-state index contributed by atoms with van der Waals surface area (Å²) >= 11 is 5.93. The van der Waals surface area contributed by atoms with E-state index in [4.69, 9.17) is 11.6 Å². The molecule has 2 amide bonds. The van der Waals surface area contributed by atoms with Crippen LogP contribution in [-0.4, -0.2) is 19.5 Å². The molecule has 0 saturated heterocycles. The molecule has 6 nitrogen and oxygen atoms in total. The van der Waals surface area contributed by atoms with Crippen LogP contribution in [-0.2, 0) is 10.0 Å². The number of carbonyl (C=O) groups excluding carboxylic acids is 1. The molecule has 1 heterocycles. The molecule has 2 aromatic carbocycles. The second-order valence-corrected chi connectivity index (χ2v) is 7.59. The second kappa shape index (κ2) is 6.78. The number of hydrogen-bond acceptors (Lipinski definition) is 4. The summed E-state index contributed by atoms with van der Waals surface area (Å²) < 4.78 is 27.0. The standard InChI is InChI=1S/C17H16ClN3O3S/c1-12-11-15(13-7-3-2-4-8-13)21(19-12)17(22)20-25(23,24)16-10-6-5-9-14(16)18/h2-11,15,19H,1H3,(H,20,22). The normalized spacial score (nSPS) is 17.0. The Hall–Kier alpha value is -2.51. The number of sulfonamides is 1. The molecule has 25 heavy (non-hydrogen) atoms. The topological polar surface area (TPSA) is 78.5 Å². The van der Waals surface area contributed by atoms with Gasteiger partial charge in [-0.05, 0) is 30.7 Å². The van der Waals surface area contributed by atoms with Gasteiger partial charge in [-0.1, -0.05) is 54.1 Å². The van der Waals surface area contributed by atoms with Crippen molar-refractivity contribution >= 4 is 27.7 Å². The van der Waals surface area contributed by atoms with Crippen LogP contribution < -0.4 is 10.1 Å². The Labute approximate surface area is 151 Å². The van der Waals surface area contributed by atoms with Crippen molar-refractivity contribution in [2.75, 3.05) is 0 Å². The van der Waals surface area contributed by atoms with Gasteiger partial charge in [0.2, 0.25) is 0 Å². The third-order valence-corrected chi connectivity index (χ3v) is 5.51. The number of hydrogen-bond donors (Lipinski definition) is 2. The van der Waals surface area contributed by atoms with Crippen LogP contribution in [0.25, 0.3) is 0 Å². The summed E-state index contributed by atoms with van der Waals surface area (Å²) in [7, 11) is -4.09. The summed E-state index contributed by atoms with van der Waals surface area (Å²) in [5, 5.41) is 1.28. The zero-order chi connectivity index (χ0) is 18.0. The van der Waals surface area contributed by atoms with Crippen molar-refractivity contribution in [1.29, 1.82) is 0 Å². The lowest BCUT2D eigenvalue weighted by Gasteiger charge is -2.25. The predicted molar refractivity (Wildman–Crippen MR) is 95.1 cm³/mol. The largest absolute Gasteiger partial charge is 0.350 e. The molecule has 2 N–H and O–H groups in total. The lowest BCUT2D eigenvalue weighted by molar-refractivity contribution is 0.179. The van der Waals surface area contributed by atoms with E-state index in [-0.39, 0.29) is 9.92 Å². The molecule has 0 aromatic heterocycles. The zero-order valence-electron chi connectivity index (χ0n) is 13.3. The number of nitrogens with zero attached hydrogens (tertiary/aromatic N) is 1. The minimum Gasteiger partial charge on any atom is -0.298 e. The molecule has 0 bridgehead atoms. The Morgan fingerprint density at radius 2 is 1.76 bits per heavy atom. The molecule has 0 spiro atoms. The molecule has 8 heteroatoms. The Balaban J connectivity index is 1.85. The maximum Gasteiger partial charge on any atom is 0.350 e. The highest BCUT2D eigenvalue weighted by Gasteiger charge is 2.32. The van der Waals surface area contributed by atoms with Crippen LogP contribution in [0.2, 0.25) is 5.02 Å². The Bertz CT molecular complexity index is 929. The average Bonchev–Trinajstić information content (AvgIpc) is 2.97. The molecule has 0 radical (unpaired) electrons. The van der Waals surface area contributed by atoms with Gasteiger partial charge in [-0.25, -0.2) is 22.9 Å². The Morgan fingerprint density at radius 3 is 2.44 bits per heavy atom. The molecular weight excluding hydrogens is 362 g/mol. The van der Waals surface area contributed by atoms with Crippen LogP contribution >= 0.6 is 11.6 Å². The van der Waals surface area contributed by atoms with Gasteiger partial charge >= 0.3 is 6.03 Å². The third-order valence-electron chi connectivity index (χ3n) is 3.69. The number of halogens is 1. The molecule has 1 aliphatic heterocycles. The summed E-state index contributed by atoms with van der Waals surface area (Å²) in [4.78, 5) is 12.4. The second-order valence-electron chi connectivity index (χ2n) is 5.53. The monoisotopic (exact) mass is 377 g/mol. The lowest BCUT2D eigenvalue weighted by atomic mass is 10.1. The van der Waals surface area contributed by atoms with E-state index in [1.807, 2.05) is 36.4 Å². The number of urea groups is 1. The Kier molecular flexibility index (Phi) is 4.69. The first-order valence-corrected chi connectivity index (χ1v) is 9.35. The number of rotatable bonds is 3. The molecule has 1 atom stereocenters. The first kappa shape index (κ1) is 17.3. The van der Waals surface area contributed by atoms with Crippen LogP contribution in [0, 0.1) is 0 Å². The summed E-state index contributed by atoms with van der Waals surface area (Å²) in [6, 6.07) is 14.1. The summed E-state index contributed by atoms with van der Waals surface area (Å²) in [6.07, 6.45) is 1.84. The van der Waals surface area contributed by atoms with E-state index in [9.17, 15) is 13.2 Å². The number of nitrogens with one attached hydrogen (secondary N) is 2. The van der Waals surface area contributed by atoms with Gasteiger partial charge in [-0.15, -0.1) is 0 Å². The van der Waals surface area contributed by atoms with Gasteiger partial charge in [-0.2, -0.15) is 0 Å². The first-order valence-electron chi connectivity index (χ1n) is 7.49. The van der Waals surface area contributed by atoms with Crippen molar-refractivity contribution in [3.63, 3.8) is 0 Å². The van der Waals surface area contributed by atoms with Gasteiger partial charge in [0, 0.05) is 5.70 Å². The minimum atomic E-state index is -4.09. The molecule has 3 rings (SSSR count). The van der Waals surface area contributed by atoms with Crippen molar-refractivity contribution in [3.8, 4) is 0 Å². The number of hydrazine groups is 1. The fourth-order valence-electron chi connectivity index (χ4n) is 2.56. The zero-order valence-corrected chi connectivity index (χ0v) is 14.9. The molecule has 0 fully saturated rings. The molecular formula is C17H16ClN3O3S. The first-order chi connectivity index (χ1) is 11.9. The average molecular weight is 378 g/mol. The van der Waals surface area contributed by atoms with Gasteiger partial charge < -0.3 is 0 Å². The maximum absolute atomic E-state index is 12.6. The molecule has 1 aliphatic rings. The number of allylic oxidation sites excluding steroid dienone is 1. The smallest absolute Gasteiger partial charge is 0.298 e. The van der Waals surface area contributed by atoms with E-state index >= 15 is 0 Å². The maximum atomic E-state index is 12.6. The van der Waals surface area contributed by atoms with Crippen LogP contribution in [0.4, 0.5) is 4.79 Å². The van der Waals surface area contributed by atoms with E-state index in [1.165, 1.54) is 23.2 Å². The highest BCUT2D eigenvalue weighted by molar-refractivity contribution is 7.90. The predicted octanol–water partition coefficient (Wildman–Crippen LogP) is 3.20. The van der Waals surface area contributed by atoms with Gasteiger partial charge in [-0.3, -0.25) is 5.43 Å². The van der Waals surface area contributed by atoms with Crippen molar-refractivity contribution in [2.24, 2.45) is 0 Å². The summed E-state index contributed by atoms with van der Waals surface area (Å²) in [5.41, 5.74) is 4.48. The van der Waals surface area contributed by atoms with Crippen molar-refractivity contribution in [2.45, 2.75) is 17.9 Å². The fourth-order valence-corrected chi connectivity index (χ4v) is 4.02. The molecule has 0 saturated carbocycles. The molecule has 1 unspecified atom stereocenters. The van der Waals surface area contributed by atoms with Gasteiger partial charge in [0.05, 0.1) is 5.02 Å². The fraction of sp³-hybridized carbons (Fsp3) is 0.118. The van der Waals surface area contributed by atoms with Crippen molar-refractivity contribution < 1.29 is 13.2 Å². The van der Waals surface area contributed by atoms with Crippen LogP contribution in [0.3, 0.4) is 0 Å². The van der Waals surface area contributed by atoms with Crippen molar-refractivity contribution in [1.82, 2.24) is 15.2 Å². The highest BCUT2D eigenvalue weighted by Crippen LogP contribution is 2.27. The number of carbonyl (C=O) groups is 1. The van der Waals surface area contributed by atoms with E-state index in [1.54, 1.807) is 13.0 Å². The molecule has 0 aliphatic carbocycles. The number of amides is 2. The minimum absolute atomic E-state index is 0.0473. The summed E-state index contributed by atoms with van der Waals surface area (Å²) in [6.45, 7) is 1.80. The number of benzene rings is 2. The van der Waals surface area contributed by atoms with E-state index in [0.29, 0.717) is 0 Å². The molecule has 130 valence electrons. The highest BCUT2D eigenvalue weighted by atomic mass is 35.5.